The van der Waals surface area contributed by atoms with Gasteiger partial charge in [0, 0.05) is 12.4 Å². The molecule has 2 heterocycles. The van der Waals surface area contributed by atoms with Crippen LogP contribution in [0.25, 0.3) is 10.7 Å². The topological polar surface area (TPSA) is 44.1 Å². The highest BCUT2D eigenvalue weighted by molar-refractivity contribution is 7.13. The van der Waals surface area contributed by atoms with Crippen molar-refractivity contribution < 1.29 is 9.53 Å². The largest absolute Gasteiger partial charge is 0.464 e. The molecule has 17 heavy (non-hydrogen) atoms. The number of carbonyl (C=O) groups excluding carboxylic acids is 1. The third-order valence-corrected chi connectivity index (χ3v) is 3.32. The van der Waals surface area contributed by atoms with Crippen LogP contribution in [0.4, 0.5) is 0 Å². The summed E-state index contributed by atoms with van der Waals surface area (Å²) in [6.07, 6.45) is 3.50. The maximum Gasteiger partial charge on any atom is 0.328 e. The molecule has 1 atom stereocenters. The van der Waals surface area contributed by atoms with Gasteiger partial charge in [-0.15, -0.1) is 11.3 Å². The molecule has 5 heteroatoms. The number of esters is 1. The fourth-order valence-corrected chi connectivity index (χ4v) is 2.32. The second-order valence-corrected chi connectivity index (χ2v) is 4.51. The van der Waals surface area contributed by atoms with Gasteiger partial charge in [-0.1, -0.05) is 6.07 Å². The highest BCUT2D eigenvalue weighted by Gasteiger charge is 2.19. The Hall–Kier alpha value is -1.62. The lowest BCUT2D eigenvalue weighted by atomic mass is 10.3. The Balaban J connectivity index is 2.28. The fourth-order valence-electron chi connectivity index (χ4n) is 1.60. The second kappa shape index (κ2) is 5.14. The lowest BCUT2D eigenvalue weighted by Crippen LogP contribution is -2.19. The van der Waals surface area contributed by atoms with Gasteiger partial charge in [-0.25, -0.2) is 9.78 Å². The van der Waals surface area contributed by atoms with E-state index in [0.29, 0.717) is 6.61 Å². The van der Waals surface area contributed by atoms with Crippen LogP contribution in [-0.4, -0.2) is 22.1 Å². The smallest absolute Gasteiger partial charge is 0.328 e. The number of hydrogen-bond donors (Lipinski definition) is 0. The number of ether oxygens (including phenoxy) is 1. The molecule has 0 aliphatic carbocycles. The summed E-state index contributed by atoms with van der Waals surface area (Å²) in [6, 6.07) is 3.60. The van der Waals surface area contributed by atoms with Gasteiger partial charge in [-0.05, 0) is 25.3 Å². The zero-order valence-corrected chi connectivity index (χ0v) is 10.6. The first-order chi connectivity index (χ1) is 8.24. The summed E-state index contributed by atoms with van der Waals surface area (Å²) in [5.74, 6) is 0.573. The minimum atomic E-state index is -0.352. The Morgan fingerprint density at radius 3 is 3.12 bits per heavy atom. The summed E-state index contributed by atoms with van der Waals surface area (Å²) in [4.78, 5) is 17.0. The molecule has 2 rings (SSSR count). The second-order valence-electron chi connectivity index (χ2n) is 3.56. The first kappa shape index (κ1) is 11.9. The average molecular weight is 250 g/mol. The molecule has 0 spiro atoms. The maximum absolute atomic E-state index is 11.7. The molecule has 0 bridgehead atoms. The van der Waals surface area contributed by atoms with Crippen LogP contribution in [0.1, 0.15) is 19.9 Å². The van der Waals surface area contributed by atoms with Crippen molar-refractivity contribution in [3.8, 4) is 10.7 Å². The predicted octanol–water partition coefficient (Wildman–Crippen LogP) is 2.74. The molecule has 0 fully saturated rings. The molecule has 0 aliphatic rings. The third-order valence-electron chi connectivity index (χ3n) is 2.46. The Kier molecular flexibility index (Phi) is 3.58. The van der Waals surface area contributed by atoms with E-state index in [9.17, 15) is 4.79 Å². The lowest BCUT2D eigenvalue weighted by Gasteiger charge is -2.14. The van der Waals surface area contributed by atoms with Crippen LogP contribution in [0.2, 0.25) is 0 Å². The molecule has 4 nitrogen and oxygen atoms in total. The summed E-state index contributed by atoms with van der Waals surface area (Å²) in [6.45, 7) is 4.02. The number of nitrogens with zero attached hydrogens (tertiary/aromatic N) is 2. The summed E-state index contributed by atoms with van der Waals surface area (Å²) in [5.41, 5.74) is 0. The van der Waals surface area contributed by atoms with Crippen LogP contribution in [0, 0.1) is 0 Å². The van der Waals surface area contributed by atoms with E-state index >= 15 is 0 Å². The number of carbonyl (C=O) groups is 1. The van der Waals surface area contributed by atoms with Crippen molar-refractivity contribution in [2.45, 2.75) is 19.9 Å². The number of thiophene rings is 1. The molecular formula is C12H14N2O2S. The van der Waals surface area contributed by atoms with Gasteiger partial charge in [0.2, 0.25) is 0 Å². The Bertz CT molecular complexity index is 490. The molecule has 0 aromatic carbocycles. The van der Waals surface area contributed by atoms with Crippen LogP contribution >= 0.6 is 11.3 Å². The van der Waals surface area contributed by atoms with E-state index in [2.05, 4.69) is 4.98 Å². The molecule has 0 saturated heterocycles. The normalized spacial score (nSPS) is 12.4. The van der Waals surface area contributed by atoms with E-state index in [-0.39, 0.29) is 12.0 Å². The van der Waals surface area contributed by atoms with E-state index in [4.69, 9.17) is 4.74 Å². The van der Waals surface area contributed by atoms with Crippen molar-refractivity contribution >= 4 is 17.3 Å². The Labute approximate surface area is 104 Å². The Morgan fingerprint density at radius 1 is 1.65 bits per heavy atom. The lowest BCUT2D eigenvalue weighted by molar-refractivity contribution is -0.146. The van der Waals surface area contributed by atoms with E-state index in [1.54, 1.807) is 30.7 Å². The molecule has 90 valence electrons. The minimum absolute atomic E-state index is 0.233. The molecular weight excluding hydrogens is 236 g/mol. The predicted molar refractivity (Wildman–Crippen MR) is 66.9 cm³/mol. The molecule has 0 aliphatic heterocycles. The number of imidazole rings is 1. The van der Waals surface area contributed by atoms with Gasteiger partial charge < -0.3 is 9.30 Å². The molecule has 0 N–H and O–H groups in total. The van der Waals surface area contributed by atoms with Crippen LogP contribution in [0.15, 0.2) is 29.9 Å². The highest BCUT2D eigenvalue weighted by Crippen LogP contribution is 2.25. The average Bonchev–Trinajstić information content (AvgIpc) is 2.98. The van der Waals surface area contributed by atoms with Gasteiger partial charge in [0.15, 0.2) is 5.82 Å². The summed E-state index contributed by atoms with van der Waals surface area (Å²) >= 11 is 1.60. The standard InChI is InChI=1S/C12H14N2O2S/c1-3-16-12(15)9(2)14-7-6-13-11(14)10-5-4-8-17-10/h4-9H,3H2,1-2H3. The third kappa shape index (κ3) is 2.39. The van der Waals surface area contributed by atoms with Gasteiger partial charge >= 0.3 is 5.97 Å². The molecule has 0 saturated carbocycles. The monoisotopic (exact) mass is 250 g/mol. The van der Waals surface area contributed by atoms with Gasteiger partial charge in [0.05, 0.1) is 11.5 Å². The zero-order valence-electron chi connectivity index (χ0n) is 9.79. The molecule has 0 amide bonds. The van der Waals surface area contributed by atoms with Crippen molar-refractivity contribution in [1.29, 1.82) is 0 Å². The van der Waals surface area contributed by atoms with Crippen LogP contribution in [0.5, 0.6) is 0 Å². The summed E-state index contributed by atoms with van der Waals surface area (Å²) in [5, 5.41) is 1.99. The van der Waals surface area contributed by atoms with Crippen LogP contribution in [-0.2, 0) is 9.53 Å². The first-order valence-electron chi connectivity index (χ1n) is 5.47. The number of rotatable bonds is 4. The molecule has 2 aromatic rings. The highest BCUT2D eigenvalue weighted by atomic mass is 32.1. The summed E-state index contributed by atoms with van der Waals surface area (Å²) < 4.78 is 6.85. The van der Waals surface area contributed by atoms with Crippen molar-refractivity contribution in [1.82, 2.24) is 9.55 Å². The minimum Gasteiger partial charge on any atom is -0.464 e. The number of aromatic nitrogens is 2. The van der Waals surface area contributed by atoms with Crippen LogP contribution < -0.4 is 0 Å². The Morgan fingerprint density at radius 2 is 2.47 bits per heavy atom. The van der Waals surface area contributed by atoms with E-state index in [1.165, 1.54) is 0 Å². The van der Waals surface area contributed by atoms with Gasteiger partial charge in [0.25, 0.3) is 0 Å². The maximum atomic E-state index is 11.7. The van der Waals surface area contributed by atoms with E-state index < -0.39 is 0 Å². The molecule has 0 radical (unpaired) electrons. The van der Waals surface area contributed by atoms with Gasteiger partial charge in [-0.3, -0.25) is 0 Å². The zero-order chi connectivity index (χ0) is 12.3. The van der Waals surface area contributed by atoms with Crippen molar-refractivity contribution in [3.63, 3.8) is 0 Å². The van der Waals surface area contributed by atoms with Crippen molar-refractivity contribution in [2.24, 2.45) is 0 Å². The quantitative estimate of drug-likeness (QED) is 0.784. The summed E-state index contributed by atoms with van der Waals surface area (Å²) in [7, 11) is 0. The van der Waals surface area contributed by atoms with E-state index in [1.807, 2.05) is 29.0 Å². The molecule has 2 aromatic heterocycles. The van der Waals surface area contributed by atoms with Crippen molar-refractivity contribution in [2.75, 3.05) is 6.61 Å². The number of hydrogen-bond acceptors (Lipinski definition) is 4. The van der Waals surface area contributed by atoms with Crippen molar-refractivity contribution in [3.05, 3.63) is 29.9 Å². The SMILES string of the molecule is CCOC(=O)C(C)n1ccnc1-c1cccs1. The van der Waals surface area contributed by atoms with E-state index in [0.717, 1.165) is 10.7 Å². The van der Waals surface area contributed by atoms with Gasteiger partial charge in [-0.2, -0.15) is 0 Å². The molecule has 1 unspecified atom stereocenters. The first-order valence-corrected chi connectivity index (χ1v) is 6.35. The fraction of sp³-hybridized carbons (Fsp3) is 0.333. The van der Waals surface area contributed by atoms with Gasteiger partial charge in [0.1, 0.15) is 6.04 Å². The van der Waals surface area contributed by atoms with Crippen LogP contribution in [0.3, 0.4) is 0 Å².